The van der Waals surface area contributed by atoms with E-state index in [0.29, 0.717) is 50.0 Å². The predicted octanol–water partition coefficient (Wildman–Crippen LogP) is 7.18. The quantitative estimate of drug-likeness (QED) is 0.117. The highest BCUT2D eigenvalue weighted by Crippen LogP contribution is 2.31. The largest absolute Gasteiger partial charge is 0.490 e. The van der Waals surface area contributed by atoms with E-state index in [9.17, 15) is 9.59 Å². The molecule has 7 nitrogen and oxygen atoms in total. The van der Waals surface area contributed by atoms with Crippen LogP contribution in [0.4, 0.5) is 0 Å². The number of halogens is 2. The normalized spacial score (nSPS) is 11.2. The average molecular weight is 572 g/mol. The molecule has 5 aromatic rings. The van der Waals surface area contributed by atoms with Gasteiger partial charge in [-0.3, -0.25) is 4.79 Å². The Morgan fingerprint density at radius 3 is 2.58 bits per heavy atom. The van der Waals surface area contributed by atoms with Crippen molar-refractivity contribution in [2.75, 3.05) is 6.61 Å². The Morgan fingerprint density at radius 1 is 0.975 bits per heavy atom. The van der Waals surface area contributed by atoms with Gasteiger partial charge >= 0.3 is 5.97 Å². The van der Waals surface area contributed by atoms with Gasteiger partial charge in [0.2, 0.25) is 0 Å². The van der Waals surface area contributed by atoms with Gasteiger partial charge in [-0.1, -0.05) is 53.0 Å². The zero-order valence-corrected chi connectivity index (χ0v) is 23.1. The van der Waals surface area contributed by atoms with Gasteiger partial charge in [0.05, 0.1) is 34.3 Å². The van der Waals surface area contributed by atoms with Crippen LogP contribution in [-0.2, 0) is 0 Å². The summed E-state index contributed by atoms with van der Waals surface area (Å²) in [6.45, 7) is 4.08. The summed E-state index contributed by atoms with van der Waals surface area (Å²) >= 11 is 12.6. The molecule has 0 fully saturated rings. The molecule has 9 heteroatoms. The number of hydrogen-bond donors (Lipinski definition) is 0. The van der Waals surface area contributed by atoms with Gasteiger partial charge < -0.3 is 9.47 Å². The maximum absolute atomic E-state index is 13.5. The van der Waals surface area contributed by atoms with E-state index in [1.165, 1.54) is 10.9 Å². The Bertz CT molecular complexity index is 1830. The summed E-state index contributed by atoms with van der Waals surface area (Å²) < 4.78 is 12.6. The first kappa shape index (κ1) is 27.1. The average Bonchev–Trinajstić information content (AvgIpc) is 2.94. The summed E-state index contributed by atoms with van der Waals surface area (Å²) in [4.78, 5) is 30.9. The van der Waals surface area contributed by atoms with Crippen molar-refractivity contribution in [2.45, 2.75) is 13.8 Å². The number of aryl methyl sites for hydroxylation is 1. The molecule has 200 valence electrons. The smallest absolute Gasteiger partial charge is 0.343 e. The lowest BCUT2D eigenvalue weighted by atomic mass is 10.1. The number of carbonyl (C=O) groups is 1. The van der Waals surface area contributed by atoms with E-state index in [4.69, 9.17) is 32.7 Å². The third kappa shape index (κ3) is 5.76. The zero-order chi connectivity index (χ0) is 28.2. The highest BCUT2D eigenvalue weighted by molar-refractivity contribution is 6.36. The molecule has 0 aliphatic heterocycles. The van der Waals surface area contributed by atoms with E-state index in [0.717, 1.165) is 5.56 Å². The number of aromatic nitrogens is 2. The number of nitrogens with zero attached hydrogens (tertiary/aromatic N) is 3. The SMILES string of the molecule is CCOc1cc(C=Nn2c(-c3ccc(Cl)cc3Cl)nc3ccccc3c2=O)ccc1OC(=O)c1cccc(C)c1. The van der Waals surface area contributed by atoms with Crippen LogP contribution in [0, 0.1) is 6.92 Å². The van der Waals surface area contributed by atoms with Gasteiger partial charge in [0.15, 0.2) is 17.3 Å². The van der Waals surface area contributed by atoms with Crippen LogP contribution in [0.15, 0.2) is 94.8 Å². The van der Waals surface area contributed by atoms with Gasteiger partial charge in [0, 0.05) is 10.6 Å². The van der Waals surface area contributed by atoms with Gasteiger partial charge in [0.25, 0.3) is 5.56 Å². The number of ether oxygens (including phenoxy) is 2. The standard InChI is InChI=1S/C31H23Cl2N3O4/c1-3-39-28-16-20(11-14-27(28)40-31(38)21-8-6-7-19(2)15-21)18-34-36-29(23-13-12-22(32)17-25(23)33)35-26-10-5-4-9-24(26)30(36)37/h4-18H,3H2,1-2H3. The third-order valence-corrected chi connectivity index (χ3v) is 6.52. The van der Waals surface area contributed by atoms with Crippen molar-refractivity contribution in [1.29, 1.82) is 0 Å². The summed E-state index contributed by atoms with van der Waals surface area (Å²) in [5.41, 5.74) is 2.63. The summed E-state index contributed by atoms with van der Waals surface area (Å²) in [5.74, 6) is 0.390. The Balaban J connectivity index is 1.54. The lowest BCUT2D eigenvalue weighted by molar-refractivity contribution is 0.0728. The second kappa shape index (κ2) is 11.7. The molecule has 0 amide bonds. The van der Waals surface area contributed by atoms with Crippen LogP contribution < -0.4 is 15.0 Å². The topological polar surface area (TPSA) is 82.8 Å². The molecule has 0 saturated heterocycles. The minimum Gasteiger partial charge on any atom is -0.490 e. The molecular formula is C31H23Cl2N3O4. The number of benzene rings is 4. The van der Waals surface area contributed by atoms with Crippen molar-refractivity contribution in [3.8, 4) is 22.9 Å². The first-order valence-corrected chi connectivity index (χ1v) is 13.2. The van der Waals surface area contributed by atoms with E-state index >= 15 is 0 Å². The number of para-hydroxylation sites is 1. The fraction of sp³-hybridized carbons (Fsp3) is 0.0968. The minimum absolute atomic E-state index is 0.260. The van der Waals surface area contributed by atoms with E-state index in [2.05, 4.69) is 10.1 Å². The fourth-order valence-electron chi connectivity index (χ4n) is 4.09. The van der Waals surface area contributed by atoms with Crippen LogP contribution in [0.25, 0.3) is 22.3 Å². The van der Waals surface area contributed by atoms with Crippen molar-refractivity contribution in [1.82, 2.24) is 9.66 Å². The molecule has 0 saturated carbocycles. The van der Waals surface area contributed by atoms with Crippen LogP contribution in [0.1, 0.15) is 28.4 Å². The second-order valence-corrected chi connectivity index (χ2v) is 9.68. The number of rotatable bonds is 7. The lowest BCUT2D eigenvalue weighted by Gasteiger charge is -2.12. The van der Waals surface area contributed by atoms with Gasteiger partial charge in [-0.15, -0.1) is 0 Å². The van der Waals surface area contributed by atoms with E-state index < -0.39 is 5.97 Å². The fourth-order valence-corrected chi connectivity index (χ4v) is 4.58. The van der Waals surface area contributed by atoms with Crippen LogP contribution >= 0.6 is 23.2 Å². The van der Waals surface area contributed by atoms with Crippen LogP contribution in [-0.4, -0.2) is 28.5 Å². The maximum Gasteiger partial charge on any atom is 0.343 e. The molecule has 1 aromatic heterocycles. The monoisotopic (exact) mass is 571 g/mol. The van der Waals surface area contributed by atoms with Gasteiger partial charge in [-0.05, 0) is 80.1 Å². The number of carbonyl (C=O) groups excluding carboxylic acids is 1. The first-order valence-electron chi connectivity index (χ1n) is 12.4. The van der Waals surface area contributed by atoms with Crippen LogP contribution in [0.2, 0.25) is 10.0 Å². The molecule has 0 unspecified atom stereocenters. The molecule has 0 spiro atoms. The van der Waals surface area contributed by atoms with Crippen molar-refractivity contribution in [2.24, 2.45) is 5.10 Å². The lowest BCUT2D eigenvalue weighted by Crippen LogP contribution is -2.20. The Morgan fingerprint density at radius 2 is 1.80 bits per heavy atom. The zero-order valence-electron chi connectivity index (χ0n) is 21.6. The van der Waals surface area contributed by atoms with E-state index in [-0.39, 0.29) is 17.1 Å². The molecule has 0 N–H and O–H groups in total. The van der Waals surface area contributed by atoms with Crippen molar-refractivity contribution < 1.29 is 14.3 Å². The summed E-state index contributed by atoms with van der Waals surface area (Å²) in [5, 5.41) is 5.67. The van der Waals surface area contributed by atoms with Crippen molar-refractivity contribution in [3.05, 3.63) is 122 Å². The molecular weight excluding hydrogens is 549 g/mol. The number of fused-ring (bicyclic) bond motifs is 1. The van der Waals surface area contributed by atoms with E-state index in [1.807, 2.05) is 19.9 Å². The summed E-state index contributed by atoms with van der Waals surface area (Å²) in [6, 6.07) is 24.1. The van der Waals surface area contributed by atoms with Gasteiger partial charge in [-0.2, -0.15) is 9.78 Å². The number of hydrogen-bond acceptors (Lipinski definition) is 6. The van der Waals surface area contributed by atoms with Crippen molar-refractivity contribution in [3.63, 3.8) is 0 Å². The summed E-state index contributed by atoms with van der Waals surface area (Å²) in [7, 11) is 0. The predicted molar refractivity (Wildman–Crippen MR) is 158 cm³/mol. The minimum atomic E-state index is -0.496. The molecule has 0 atom stereocenters. The first-order chi connectivity index (χ1) is 19.3. The van der Waals surface area contributed by atoms with Gasteiger partial charge in [-0.25, -0.2) is 9.78 Å². The van der Waals surface area contributed by atoms with Crippen LogP contribution in [0.5, 0.6) is 11.5 Å². The number of esters is 1. The Hall–Kier alpha value is -4.46. The molecule has 0 bridgehead atoms. The van der Waals surface area contributed by atoms with E-state index in [1.54, 1.807) is 78.9 Å². The van der Waals surface area contributed by atoms with Crippen LogP contribution in [0.3, 0.4) is 0 Å². The highest BCUT2D eigenvalue weighted by atomic mass is 35.5. The molecule has 1 heterocycles. The Labute approximate surface area is 240 Å². The van der Waals surface area contributed by atoms with Crippen molar-refractivity contribution >= 4 is 46.3 Å². The summed E-state index contributed by atoms with van der Waals surface area (Å²) in [6.07, 6.45) is 1.50. The molecule has 5 rings (SSSR count). The highest BCUT2D eigenvalue weighted by Gasteiger charge is 2.16. The molecule has 0 radical (unpaired) electrons. The molecule has 4 aromatic carbocycles. The second-order valence-electron chi connectivity index (χ2n) is 8.84. The third-order valence-electron chi connectivity index (χ3n) is 5.97. The maximum atomic E-state index is 13.5. The Kier molecular flexibility index (Phi) is 7.96. The molecule has 0 aliphatic carbocycles. The molecule has 0 aliphatic rings. The molecule has 40 heavy (non-hydrogen) atoms. The van der Waals surface area contributed by atoms with Gasteiger partial charge in [0.1, 0.15) is 0 Å².